The van der Waals surface area contributed by atoms with E-state index < -0.39 is 0 Å². The van der Waals surface area contributed by atoms with E-state index in [9.17, 15) is 0 Å². The van der Waals surface area contributed by atoms with Gasteiger partial charge in [0, 0.05) is 31.8 Å². The van der Waals surface area contributed by atoms with E-state index >= 15 is 0 Å². The van der Waals surface area contributed by atoms with Crippen LogP contribution in [0, 0.1) is 0 Å². The van der Waals surface area contributed by atoms with Crippen LogP contribution in [0.5, 0.6) is 0 Å². The van der Waals surface area contributed by atoms with Crippen molar-refractivity contribution in [3.8, 4) is 0 Å². The average molecular weight is 320 g/mol. The van der Waals surface area contributed by atoms with Crippen molar-refractivity contribution in [1.82, 2.24) is 16.0 Å². The second kappa shape index (κ2) is 10.2. The van der Waals surface area contributed by atoms with Gasteiger partial charge in [-0.3, -0.25) is 4.99 Å². The first-order valence-corrected chi connectivity index (χ1v) is 8.32. The molecular formula is C18H32N4O. The molecule has 0 saturated carbocycles. The van der Waals surface area contributed by atoms with Crippen LogP contribution in [0.2, 0.25) is 0 Å². The summed E-state index contributed by atoms with van der Waals surface area (Å²) in [5.41, 5.74) is 1.19. The van der Waals surface area contributed by atoms with Crippen molar-refractivity contribution in [2.45, 2.75) is 39.3 Å². The molecule has 5 heteroatoms. The first-order valence-electron chi connectivity index (χ1n) is 8.32. The van der Waals surface area contributed by atoms with Gasteiger partial charge in [0.2, 0.25) is 0 Å². The molecule has 1 aromatic carbocycles. The number of benzene rings is 1. The van der Waals surface area contributed by atoms with Crippen LogP contribution in [0.4, 0.5) is 0 Å². The van der Waals surface area contributed by atoms with Gasteiger partial charge >= 0.3 is 0 Å². The molecule has 0 saturated heterocycles. The van der Waals surface area contributed by atoms with E-state index in [1.54, 1.807) is 7.11 Å². The minimum absolute atomic E-state index is 0.0983. The van der Waals surface area contributed by atoms with E-state index in [4.69, 9.17) is 4.74 Å². The summed E-state index contributed by atoms with van der Waals surface area (Å²) in [6.45, 7) is 11.5. The lowest BCUT2D eigenvalue weighted by Crippen LogP contribution is -2.45. The number of rotatable bonds is 9. The molecule has 0 spiro atoms. The summed E-state index contributed by atoms with van der Waals surface area (Å²) in [5.74, 6) is 0.826. The Bertz CT molecular complexity index is 459. The van der Waals surface area contributed by atoms with Gasteiger partial charge in [-0.05, 0) is 33.3 Å². The maximum atomic E-state index is 5.06. The number of methoxy groups -OCH3 is 1. The Morgan fingerprint density at radius 3 is 2.52 bits per heavy atom. The minimum Gasteiger partial charge on any atom is -0.383 e. The topological polar surface area (TPSA) is 57.7 Å². The molecular weight excluding hydrogens is 288 g/mol. The van der Waals surface area contributed by atoms with E-state index in [0.29, 0.717) is 13.2 Å². The Labute approximate surface area is 140 Å². The Morgan fingerprint density at radius 1 is 1.22 bits per heavy atom. The van der Waals surface area contributed by atoms with Crippen molar-refractivity contribution in [2.24, 2.45) is 4.99 Å². The van der Waals surface area contributed by atoms with Gasteiger partial charge in [-0.15, -0.1) is 0 Å². The molecule has 0 bridgehead atoms. The average Bonchev–Trinajstić information content (AvgIpc) is 2.53. The molecule has 1 atom stereocenters. The summed E-state index contributed by atoms with van der Waals surface area (Å²) in [4.78, 5) is 4.68. The Hall–Kier alpha value is -1.59. The van der Waals surface area contributed by atoms with Gasteiger partial charge in [0.05, 0.1) is 13.2 Å². The van der Waals surface area contributed by atoms with Crippen LogP contribution in [-0.4, -0.2) is 44.8 Å². The van der Waals surface area contributed by atoms with E-state index in [1.807, 2.05) is 6.07 Å². The van der Waals surface area contributed by atoms with Crippen molar-refractivity contribution in [2.75, 3.05) is 33.4 Å². The Morgan fingerprint density at radius 2 is 1.91 bits per heavy atom. The lowest BCUT2D eigenvalue weighted by atomic mass is 10.0. The predicted octanol–water partition coefficient (Wildman–Crippen LogP) is 2.32. The number of nitrogens with one attached hydrogen (secondary N) is 3. The summed E-state index contributed by atoms with van der Waals surface area (Å²) in [6.07, 6.45) is 0. The van der Waals surface area contributed by atoms with Crippen molar-refractivity contribution in [3.63, 3.8) is 0 Å². The molecule has 0 aromatic heterocycles. The highest BCUT2D eigenvalue weighted by Gasteiger charge is 2.20. The zero-order valence-corrected chi connectivity index (χ0v) is 15.1. The summed E-state index contributed by atoms with van der Waals surface area (Å²) >= 11 is 0. The molecule has 1 aromatic rings. The van der Waals surface area contributed by atoms with Gasteiger partial charge in [0.25, 0.3) is 0 Å². The Kier molecular flexibility index (Phi) is 8.66. The maximum Gasteiger partial charge on any atom is 0.191 e. The monoisotopic (exact) mass is 320 g/mol. The SMILES string of the molecule is CCNC(=NCC(C)(C)NC(C)c1ccccc1)NCCOC. The molecule has 130 valence electrons. The lowest BCUT2D eigenvalue weighted by Gasteiger charge is -2.29. The quantitative estimate of drug-likeness (QED) is 0.371. The molecule has 0 aliphatic rings. The molecule has 0 radical (unpaired) electrons. The van der Waals surface area contributed by atoms with Gasteiger partial charge in [-0.2, -0.15) is 0 Å². The number of hydrogen-bond donors (Lipinski definition) is 3. The molecule has 0 aliphatic heterocycles. The molecule has 1 unspecified atom stereocenters. The van der Waals surface area contributed by atoms with Crippen LogP contribution in [0.3, 0.4) is 0 Å². The highest BCUT2D eigenvalue weighted by molar-refractivity contribution is 5.79. The van der Waals surface area contributed by atoms with Crippen molar-refractivity contribution < 1.29 is 4.74 Å². The van der Waals surface area contributed by atoms with Crippen molar-refractivity contribution in [1.29, 1.82) is 0 Å². The van der Waals surface area contributed by atoms with Gasteiger partial charge in [-0.25, -0.2) is 0 Å². The molecule has 1 rings (SSSR count). The number of ether oxygens (including phenoxy) is 1. The molecule has 0 amide bonds. The number of guanidine groups is 1. The Balaban J connectivity index is 2.58. The number of aliphatic imine (C=N–C) groups is 1. The van der Waals surface area contributed by atoms with Crippen LogP contribution >= 0.6 is 0 Å². The summed E-state index contributed by atoms with van der Waals surface area (Å²) in [5, 5.41) is 10.2. The van der Waals surface area contributed by atoms with Crippen LogP contribution < -0.4 is 16.0 Å². The van der Waals surface area contributed by atoms with Gasteiger partial charge < -0.3 is 20.7 Å². The third-order valence-electron chi connectivity index (χ3n) is 3.48. The van der Waals surface area contributed by atoms with E-state index in [1.165, 1.54) is 5.56 Å². The van der Waals surface area contributed by atoms with Crippen LogP contribution in [0.15, 0.2) is 35.3 Å². The van der Waals surface area contributed by atoms with E-state index in [2.05, 4.69) is 72.9 Å². The van der Waals surface area contributed by atoms with Gasteiger partial charge in [0.15, 0.2) is 5.96 Å². The first-order chi connectivity index (χ1) is 11.0. The molecule has 0 heterocycles. The van der Waals surface area contributed by atoms with E-state index in [-0.39, 0.29) is 11.6 Å². The second-order valence-electron chi connectivity index (χ2n) is 6.28. The molecule has 3 N–H and O–H groups in total. The van der Waals surface area contributed by atoms with Crippen LogP contribution in [0.1, 0.15) is 39.3 Å². The fraction of sp³-hybridized carbons (Fsp3) is 0.611. The molecule has 23 heavy (non-hydrogen) atoms. The zero-order valence-electron chi connectivity index (χ0n) is 15.1. The highest BCUT2D eigenvalue weighted by Crippen LogP contribution is 2.16. The second-order valence-corrected chi connectivity index (χ2v) is 6.28. The zero-order chi connectivity index (χ0) is 17.1. The van der Waals surface area contributed by atoms with Gasteiger partial charge in [0.1, 0.15) is 0 Å². The summed E-state index contributed by atoms with van der Waals surface area (Å²) in [6, 6.07) is 10.8. The van der Waals surface area contributed by atoms with Gasteiger partial charge in [-0.1, -0.05) is 30.3 Å². The van der Waals surface area contributed by atoms with E-state index in [0.717, 1.165) is 19.0 Å². The fourth-order valence-electron chi connectivity index (χ4n) is 2.35. The summed E-state index contributed by atoms with van der Waals surface area (Å²) < 4.78 is 5.06. The molecule has 0 fully saturated rings. The maximum absolute atomic E-state index is 5.06. The van der Waals surface area contributed by atoms with Crippen molar-refractivity contribution in [3.05, 3.63) is 35.9 Å². The lowest BCUT2D eigenvalue weighted by molar-refractivity contribution is 0.203. The summed E-state index contributed by atoms with van der Waals surface area (Å²) in [7, 11) is 1.70. The molecule has 0 aliphatic carbocycles. The predicted molar refractivity (Wildman–Crippen MR) is 97.9 cm³/mol. The number of nitrogens with zero attached hydrogens (tertiary/aromatic N) is 1. The first kappa shape index (κ1) is 19.5. The third-order valence-corrected chi connectivity index (χ3v) is 3.48. The highest BCUT2D eigenvalue weighted by atomic mass is 16.5. The third kappa shape index (κ3) is 8.00. The minimum atomic E-state index is -0.0983. The largest absolute Gasteiger partial charge is 0.383 e. The molecule has 5 nitrogen and oxygen atoms in total. The van der Waals surface area contributed by atoms with Crippen LogP contribution in [-0.2, 0) is 4.74 Å². The normalized spacial score (nSPS) is 13.7. The number of hydrogen-bond acceptors (Lipinski definition) is 3. The smallest absolute Gasteiger partial charge is 0.191 e. The van der Waals surface area contributed by atoms with Crippen LogP contribution in [0.25, 0.3) is 0 Å². The fourth-order valence-corrected chi connectivity index (χ4v) is 2.35. The van der Waals surface area contributed by atoms with Crippen molar-refractivity contribution >= 4 is 5.96 Å². The standard InChI is InChI=1S/C18H32N4O/c1-6-19-17(20-12-13-23-5)21-14-18(3,4)22-15(2)16-10-8-7-9-11-16/h7-11,15,22H,6,12-14H2,1-5H3,(H2,19,20,21).